The molecule has 1 saturated carbocycles. The number of pyridine rings is 1. The van der Waals surface area contributed by atoms with Gasteiger partial charge >= 0.3 is 0 Å². The minimum absolute atomic E-state index is 0.0460. The fourth-order valence-electron chi connectivity index (χ4n) is 4.42. The van der Waals surface area contributed by atoms with Crippen molar-refractivity contribution in [1.82, 2.24) is 15.6 Å². The fourth-order valence-corrected chi connectivity index (χ4v) is 4.42. The summed E-state index contributed by atoms with van der Waals surface area (Å²) in [5.41, 5.74) is 3.43. The maximum atomic E-state index is 13.2. The first-order chi connectivity index (χ1) is 14.6. The highest BCUT2D eigenvalue weighted by Gasteiger charge is 2.46. The van der Waals surface area contributed by atoms with Crippen LogP contribution in [0, 0.1) is 6.92 Å². The van der Waals surface area contributed by atoms with E-state index < -0.39 is 0 Å². The molecule has 5 heteroatoms. The number of ether oxygens (including phenoxy) is 1. The highest BCUT2D eigenvalue weighted by molar-refractivity contribution is 5.97. The van der Waals surface area contributed by atoms with E-state index in [1.807, 2.05) is 43.3 Å². The van der Waals surface area contributed by atoms with Gasteiger partial charge < -0.3 is 15.4 Å². The molecule has 154 valence electrons. The number of nitrogens with one attached hydrogen (secondary N) is 2. The Morgan fingerprint density at radius 1 is 1.23 bits per heavy atom. The number of aryl methyl sites for hydroxylation is 1. The van der Waals surface area contributed by atoms with Gasteiger partial charge in [-0.3, -0.25) is 9.78 Å². The Hall–Kier alpha value is -2.92. The normalized spacial score (nSPS) is 19.6. The van der Waals surface area contributed by atoms with Gasteiger partial charge in [0.05, 0.1) is 11.1 Å². The molecule has 3 aromatic rings. The van der Waals surface area contributed by atoms with Crippen molar-refractivity contribution in [3.05, 3.63) is 71.4 Å². The molecule has 0 spiro atoms. The van der Waals surface area contributed by atoms with E-state index in [2.05, 4.69) is 27.8 Å². The van der Waals surface area contributed by atoms with Crippen LogP contribution < -0.4 is 15.4 Å². The molecule has 0 radical (unpaired) electrons. The molecule has 2 aromatic carbocycles. The van der Waals surface area contributed by atoms with E-state index >= 15 is 0 Å². The summed E-state index contributed by atoms with van der Waals surface area (Å²) in [6, 6.07) is 16.4. The smallest absolute Gasteiger partial charge is 0.252 e. The second kappa shape index (κ2) is 7.73. The van der Waals surface area contributed by atoms with Gasteiger partial charge in [-0.15, -0.1) is 0 Å². The molecule has 1 amide bonds. The number of amides is 1. The number of rotatable bonds is 6. The lowest BCUT2D eigenvalue weighted by Crippen LogP contribution is -2.35. The first-order valence-electron chi connectivity index (χ1n) is 10.8. The van der Waals surface area contributed by atoms with E-state index in [-0.39, 0.29) is 11.4 Å². The SMILES string of the molecule is Cc1ccc(OCC2CCCN2)cc1C(=O)NC1(c2cccc3ncccc23)CC1. The molecule has 1 saturated heterocycles. The number of carbonyl (C=O) groups excluding carboxylic acids is 1. The molecule has 2 fully saturated rings. The lowest BCUT2D eigenvalue weighted by atomic mass is 9.98. The number of nitrogens with zero attached hydrogens (tertiary/aromatic N) is 1. The van der Waals surface area contributed by atoms with Crippen LogP contribution in [0.4, 0.5) is 0 Å². The maximum absolute atomic E-state index is 13.2. The third-order valence-corrected chi connectivity index (χ3v) is 6.33. The largest absolute Gasteiger partial charge is 0.492 e. The van der Waals surface area contributed by atoms with Crippen LogP contribution in [-0.2, 0) is 5.54 Å². The summed E-state index contributed by atoms with van der Waals surface area (Å²) < 4.78 is 5.97. The van der Waals surface area contributed by atoms with Crippen LogP contribution >= 0.6 is 0 Å². The lowest BCUT2D eigenvalue weighted by Gasteiger charge is -2.21. The van der Waals surface area contributed by atoms with Gasteiger partial charge in [-0.05, 0) is 74.5 Å². The van der Waals surface area contributed by atoms with Gasteiger partial charge in [-0.1, -0.05) is 24.3 Å². The predicted octanol–water partition coefficient (Wildman–Crippen LogP) is 4.09. The summed E-state index contributed by atoms with van der Waals surface area (Å²) in [6.45, 7) is 3.66. The first kappa shape index (κ1) is 19.1. The van der Waals surface area contributed by atoms with Gasteiger partial charge in [0.25, 0.3) is 5.91 Å². The van der Waals surface area contributed by atoms with Crippen LogP contribution in [0.15, 0.2) is 54.7 Å². The van der Waals surface area contributed by atoms with E-state index in [1.165, 1.54) is 6.42 Å². The van der Waals surface area contributed by atoms with Crippen LogP contribution in [0.1, 0.15) is 47.2 Å². The molecular weight excluding hydrogens is 374 g/mol. The van der Waals surface area contributed by atoms with E-state index in [0.717, 1.165) is 53.6 Å². The number of benzene rings is 2. The van der Waals surface area contributed by atoms with E-state index in [4.69, 9.17) is 4.74 Å². The molecule has 1 aromatic heterocycles. The van der Waals surface area contributed by atoms with Gasteiger partial charge in [-0.25, -0.2) is 0 Å². The van der Waals surface area contributed by atoms with Gasteiger partial charge in [0, 0.05) is 23.2 Å². The highest BCUT2D eigenvalue weighted by Crippen LogP contribution is 2.48. The van der Waals surface area contributed by atoms with Crippen molar-refractivity contribution in [3.63, 3.8) is 0 Å². The molecule has 5 rings (SSSR count). The number of fused-ring (bicyclic) bond motifs is 1. The minimum atomic E-state index is -0.309. The third kappa shape index (κ3) is 3.65. The molecule has 1 aliphatic carbocycles. The number of aromatic nitrogens is 1. The molecule has 30 heavy (non-hydrogen) atoms. The van der Waals surface area contributed by atoms with Crippen molar-refractivity contribution in [2.45, 2.75) is 44.2 Å². The average molecular weight is 402 g/mol. The van der Waals surface area contributed by atoms with Gasteiger partial charge in [0.1, 0.15) is 12.4 Å². The Morgan fingerprint density at radius 3 is 2.93 bits per heavy atom. The molecule has 2 heterocycles. The molecule has 5 nitrogen and oxygen atoms in total. The molecule has 0 bridgehead atoms. The Bertz CT molecular complexity index is 1080. The first-order valence-corrected chi connectivity index (χ1v) is 10.8. The third-order valence-electron chi connectivity index (χ3n) is 6.33. The van der Waals surface area contributed by atoms with Gasteiger partial charge in [0.15, 0.2) is 0 Å². The van der Waals surface area contributed by atoms with Crippen LogP contribution in [0.3, 0.4) is 0 Å². The summed E-state index contributed by atoms with van der Waals surface area (Å²) >= 11 is 0. The second-order valence-electron chi connectivity index (χ2n) is 8.49. The quantitative estimate of drug-likeness (QED) is 0.653. The van der Waals surface area contributed by atoms with E-state index in [0.29, 0.717) is 18.2 Å². The van der Waals surface area contributed by atoms with E-state index in [9.17, 15) is 4.79 Å². The van der Waals surface area contributed by atoms with Crippen LogP contribution in [0.2, 0.25) is 0 Å². The highest BCUT2D eigenvalue weighted by atomic mass is 16.5. The van der Waals surface area contributed by atoms with Crippen molar-refractivity contribution in [3.8, 4) is 5.75 Å². The molecule has 2 aliphatic rings. The van der Waals surface area contributed by atoms with Crippen molar-refractivity contribution < 1.29 is 9.53 Å². The Kier molecular flexibility index (Phi) is 4.91. The predicted molar refractivity (Wildman–Crippen MR) is 118 cm³/mol. The van der Waals surface area contributed by atoms with Crippen molar-refractivity contribution in [2.24, 2.45) is 0 Å². The zero-order chi connectivity index (χ0) is 20.6. The fraction of sp³-hybridized carbons (Fsp3) is 0.360. The standard InChI is InChI=1S/C25H27N3O2/c1-17-9-10-19(30-16-18-5-3-13-26-18)15-21(17)24(29)28-25(11-12-25)22-7-2-8-23-20(22)6-4-14-27-23/h2,4,6-10,14-15,18,26H,3,5,11-13,16H2,1H3,(H,28,29). The minimum Gasteiger partial charge on any atom is -0.492 e. The summed E-state index contributed by atoms with van der Waals surface area (Å²) in [5.74, 6) is 0.703. The zero-order valence-corrected chi connectivity index (χ0v) is 17.3. The van der Waals surface area contributed by atoms with Crippen LogP contribution in [-0.4, -0.2) is 30.1 Å². The molecule has 1 atom stereocenters. The van der Waals surface area contributed by atoms with Crippen LogP contribution in [0.25, 0.3) is 10.9 Å². The number of hydrogen-bond acceptors (Lipinski definition) is 4. The maximum Gasteiger partial charge on any atom is 0.252 e. The van der Waals surface area contributed by atoms with Gasteiger partial charge in [0.2, 0.25) is 0 Å². The molecule has 1 unspecified atom stereocenters. The Labute approximate surface area is 176 Å². The average Bonchev–Trinajstić information content (AvgIpc) is 3.35. The Balaban J connectivity index is 1.36. The summed E-state index contributed by atoms with van der Waals surface area (Å²) in [6.07, 6.45) is 6.02. The van der Waals surface area contributed by atoms with Gasteiger partial charge in [-0.2, -0.15) is 0 Å². The van der Waals surface area contributed by atoms with E-state index in [1.54, 1.807) is 6.20 Å². The van der Waals surface area contributed by atoms with Crippen molar-refractivity contribution in [2.75, 3.05) is 13.2 Å². The summed E-state index contributed by atoms with van der Waals surface area (Å²) in [5, 5.41) is 7.87. The van der Waals surface area contributed by atoms with Crippen LogP contribution in [0.5, 0.6) is 5.75 Å². The molecular formula is C25H27N3O2. The second-order valence-corrected chi connectivity index (χ2v) is 8.49. The lowest BCUT2D eigenvalue weighted by molar-refractivity contribution is 0.0930. The number of hydrogen-bond donors (Lipinski definition) is 2. The van der Waals surface area contributed by atoms with Crippen molar-refractivity contribution >= 4 is 16.8 Å². The monoisotopic (exact) mass is 401 g/mol. The molecule has 1 aliphatic heterocycles. The zero-order valence-electron chi connectivity index (χ0n) is 17.3. The number of carbonyl (C=O) groups is 1. The topological polar surface area (TPSA) is 63.2 Å². The van der Waals surface area contributed by atoms with Crippen molar-refractivity contribution in [1.29, 1.82) is 0 Å². The Morgan fingerprint density at radius 2 is 2.13 bits per heavy atom. The molecule has 2 N–H and O–H groups in total. The summed E-state index contributed by atoms with van der Waals surface area (Å²) in [7, 11) is 0. The summed E-state index contributed by atoms with van der Waals surface area (Å²) in [4.78, 5) is 17.7.